The van der Waals surface area contributed by atoms with E-state index in [0.29, 0.717) is 5.82 Å². The second-order valence-electron chi connectivity index (χ2n) is 14.0. The SMILES string of the molecule is c1ccc(-c2cccc(-c3nc(-c4ccccc4)cc(-c4ccc(-c5cccc6c5nc(-c5ccccc5)c5cccc(-c7ccccc7)c56)cc4)n3)c2)cc1. The molecule has 0 aliphatic rings. The molecule has 0 amide bonds. The number of fused-ring (bicyclic) bond motifs is 3. The van der Waals surface area contributed by atoms with Crippen molar-refractivity contribution < 1.29 is 0 Å². The fourth-order valence-corrected chi connectivity index (χ4v) is 7.75. The van der Waals surface area contributed by atoms with Gasteiger partial charge in [-0.2, -0.15) is 0 Å². The maximum Gasteiger partial charge on any atom is 0.160 e. The zero-order valence-electron chi connectivity index (χ0n) is 30.5. The molecule has 2 aromatic heterocycles. The normalized spacial score (nSPS) is 11.2. The molecule has 10 rings (SSSR count). The third-order valence-electron chi connectivity index (χ3n) is 10.5. The Morgan fingerprint density at radius 3 is 1.39 bits per heavy atom. The molecule has 0 spiro atoms. The van der Waals surface area contributed by atoms with Crippen LogP contribution in [0, 0.1) is 0 Å². The van der Waals surface area contributed by atoms with Crippen molar-refractivity contribution in [1.82, 2.24) is 15.0 Å². The van der Waals surface area contributed by atoms with Gasteiger partial charge in [0.2, 0.25) is 0 Å². The zero-order chi connectivity index (χ0) is 37.3. The van der Waals surface area contributed by atoms with E-state index in [2.05, 4.69) is 200 Å². The summed E-state index contributed by atoms with van der Waals surface area (Å²) in [5, 5.41) is 3.48. The van der Waals surface area contributed by atoms with Crippen LogP contribution in [-0.2, 0) is 0 Å². The Morgan fingerprint density at radius 1 is 0.268 bits per heavy atom. The summed E-state index contributed by atoms with van der Waals surface area (Å²) in [6, 6.07) is 74.4. The van der Waals surface area contributed by atoms with E-state index in [1.165, 1.54) is 16.5 Å². The fraction of sp³-hybridized carbons (Fsp3) is 0. The average molecular weight is 714 g/mol. The van der Waals surface area contributed by atoms with Crippen molar-refractivity contribution in [2.45, 2.75) is 0 Å². The van der Waals surface area contributed by atoms with Crippen molar-refractivity contribution in [3.63, 3.8) is 0 Å². The molecule has 0 bridgehead atoms. The molecule has 8 aromatic carbocycles. The molecule has 0 atom stereocenters. The highest BCUT2D eigenvalue weighted by Gasteiger charge is 2.18. The third kappa shape index (κ3) is 6.21. The number of hydrogen-bond acceptors (Lipinski definition) is 3. The Morgan fingerprint density at radius 2 is 0.732 bits per heavy atom. The van der Waals surface area contributed by atoms with Crippen molar-refractivity contribution in [2.75, 3.05) is 0 Å². The molecule has 0 saturated heterocycles. The second-order valence-corrected chi connectivity index (χ2v) is 14.0. The lowest BCUT2D eigenvalue weighted by Gasteiger charge is -2.16. The van der Waals surface area contributed by atoms with Gasteiger partial charge in [0.1, 0.15) is 0 Å². The van der Waals surface area contributed by atoms with Gasteiger partial charge < -0.3 is 0 Å². The minimum absolute atomic E-state index is 0.691. The van der Waals surface area contributed by atoms with Crippen molar-refractivity contribution in [3.05, 3.63) is 212 Å². The van der Waals surface area contributed by atoms with E-state index in [1.54, 1.807) is 0 Å². The molecule has 262 valence electrons. The summed E-state index contributed by atoms with van der Waals surface area (Å²) in [6.07, 6.45) is 0. The van der Waals surface area contributed by atoms with Crippen molar-refractivity contribution in [3.8, 4) is 78.5 Å². The maximum atomic E-state index is 5.46. The molecule has 3 nitrogen and oxygen atoms in total. The summed E-state index contributed by atoms with van der Waals surface area (Å²) in [5.74, 6) is 0.691. The first-order chi connectivity index (χ1) is 27.8. The molecular formula is C53H35N3. The van der Waals surface area contributed by atoms with Gasteiger partial charge >= 0.3 is 0 Å². The number of nitrogens with zero attached hydrogens (tertiary/aromatic N) is 3. The first-order valence-corrected chi connectivity index (χ1v) is 18.9. The summed E-state index contributed by atoms with van der Waals surface area (Å²) >= 11 is 0. The topological polar surface area (TPSA) is 38.7 Å². The smallest absolute Gasteiger partial charge is 0.160 e. The van der Waals surface area contributed by atoms with Crippen LogP contribution in [0.25, 0.3) is 100 Å². The summed E-state index contributed by atoms with van der Waals surface area (Å²) in [6.45, 7) is 0. The highest BCUT2D eigenvalue weighted by Crippen LogP contribution is 2.41. The third-order valence-corrected chi connectivity index (χ3v) is 10.5. The van der Waals surface area contributed by atoms with Crippen LogP contribution in [0.3, 0.4) is 0 Å². The molecule has 0 saturated carbocycles. The number of rotatable bonds is 7. The molecule has 0 fully saturated rings. The molecule has 0 N–H and O–H groups in total. The average Bonchev–Trinajstić information content (AvgIpc) is 3.29. The zero-order valence-corrected chi connectivity index (χ0v) is 30.5. The van der Waals surface area contributed by atoms with Gasteiger partial charge in [0.15, 0.2) is 5.82 Å². The molecule has 3 heteroatoms. The first kappa shape index (κ1) is 33.1. The Kier molecular flexibility index (Phi) is 8.51. The van der Waals surface area contributed by atoms with Crippen molar-refractivity contribution >= 4 is 21.7 Å². The Hall–Kier alpha value is -7.49. The van der Waals surface area contributed by atoms with Crippen LogP contribution < -0.4 is 0 Å². The van der Waals surface area contributed by atoms with Crippen LogP contribution >= 0.6 is 0 Å². The summed E-state index contributed by atoms with van der Waals surface area (Å²) in [7, 11) is 0. The summed E-state index contributed by atoms with van der Waals surface area (Å²) in [4.78, 5) is 15.7. The second kappa shape index (κ2) is 14.4. The number of pyridine rings is 1. The van der Waals surface area contributed by atoms with Gasteiger partial charge in [0.05, 0.1) is 22.6 Å². The lowest BCUT2D eigenvalue weighted by molar-refractivity contribution is 1.18. The molecule has 0 aliphatic carbocycles. The van der Waals surface area contributed by atoms with Gasteiger partial charge in [-0.15, -0.1) is 0 Å². The quantitative estimate of drug-likeness (QED) is 0.154. The predicted molar refractivity (Wildman–Crippen MR) is 233 cm³/mol. The number of hydrogen-bond donors (Lipinski definition) is 0. The molecular weight excluding hydrogens is 679 g/mol. The fourth-order valence-electron chi connectivity index (χ4n) is 7.75. The standard InChI is InChI=1S/C53H35N3/c1-5-16-36(17-6-1)42-24-13-25-43(34-42)53-54-48(39-20-9-3-10-21-39)35-49(55-53)40-32-30-38(31-33-40)45-27-15-29-47-50-44(37-18-7-2-8-19-37)26-14-28-46(50)51(56-52(45)47)41-22-11-4-12-23-41/h1-35H. The van der Waals surface area contributed by atoms with Crippen molar-refractivity contribution in [2.24, 2.45) is 0 Å². The van der Waals surface area contributed by atoms with Crippen LogP contribution in [0.15, 0.2) is 212 Å². The molecule has 10 aromatic rings. The van der Waals surface area contributed by atoms with Gasteiger partial charge in [-0.3, -0.25) is 0 Å². The monoisotopic (exact) mass is 713 g/mol. The minimum atomic E-state index is 0.691. The lowest BCUT2D eigenvalue weighted by Crippen LogP contribution is -1.96. The summed E-state index contributed by atoms with van der Waals surface area (Å²) < 4.78 is 0. The van der Waals surface area contributed by atoms with Gasteiger partial charge in [-0.25, -0.2) is 15.0 Å². The van der Waals surface area contributed by atoms with E-state index in [9.17, 15) is 0 Å². The van der Waals surface area contributed by atoms with Crippen LogP contribution in [0.4, 0.5) is 0 Å². The van der Waals surface area contributed by atoms with Crippen LogP contribution in [0.1, 0.15) is 0 Å². The molecule has 0 radical (unpaired) electrons. The molecule has 0 unspecified atom stereocenters. The van der Waals surface area contributed by atoms with Crippen LogP contribution in [0.5, 0.6) is 0 Å². The Balaban J connectivity index is 1.11. The van der Waals surface area contributed by atoms with E-state index >= 15 is 0 Å². The van der Waals surface area contributed by atoms with E-state index in [-0.39, 0.29) is 0 Å². The van der Waals surface area contributed by atoms with Gasteiger partial charge in [-0.1, -0.05) is 200 Å². The highest BCUT2D eigenvalue weighted by molar-refractivity contribution is 6.19. The maximum absolute atomic E-state index is 5.46. The lowest BCUT2D eigenvalue weighted by atomic mass is 9.91. The van der Waals surface area contributed by atoms with Gasteiger partial charge in [0, 0.05) is 44.0 Å². The Labute approximate surface area is 326 Å². The van der Waals surface area contributed by atoms with E-state index in [1.807, 2.05) is 12.1 Å². The minimum Gasteiger partial charge on any atom is -0.246 e. The predicted octanol–water partition coefficient (Wildman–Crippen LogP) is 13.8. The largest absolute Gasteiger partial charge is 0.246 e. The van der Waals surface area contributed by atoms with E-state index in [0.717, 1.165) is 77.9 Å². The van der Waals surface area contributed by atoms with Crippen LogP contribution in [0.2, 0.25) is 0 Å². The van der Waals surface area contributed by atoms with E-state index in [4.69, 9.17) is 15.0 Å². The summed E-state index contributed by atoms with van der Waals surface area (Å²) in [5.41, 5.74) is 14.7. The molecule has 0 aliphatic heterocycles. The Bertz CT molecular complexity index is 2980. The molecule has 2 heterocycles. The number of aromatic nitrogens is 3. The van der Waals surface area contributed by atoms with Crippen LogP contribution in [-0.4, -0.2) is 15.0 Å². The molecule has 56 heavy (non-hydrogen) atoms. The number of benzene rings is 8. The van der Waals surface area contributed by atoms with Gasteiger partial charge in [-0.05, 0) is 39.9 Å². The number of para-hydroxylation sites is 1. The van der Waals surface area contributed by atoms with Gasteiger partial charge in [0.25, 0.3) is 0 Å². The highest BCUT2D eigenvalue weighted by atomic mass is 14.9. The van der Waals surface area contributed by atoms with Crippen molar-refractivity contribution in [1.29, 1.82) is 0 Å². The first-order valence-electron chi connectivity index (χ1n) is 18.9. The van der Waals surface area contributed by atoms with E-state index < -0.39 is 0 Å².